The van der Waals surface area contributed by atoms with Gasteiger partial charge in [-0.2, -0.15) is 0 Å². The van der Waals surface area contributed by atoms with Crippen LogP contribution in [0.2, 0.25) is 0 Å². The third kappa shape index (κ3) is 3.05. The van der Waals surface area contributed by atoms with Crippen molar-refractivity contribution >= 4 is 17.5 Å². The zero-order valence-corrected chi connectivity index (χ0v) is 14.9. The minimum absolute atomic E-state index is 0. The minimum Gasteiger partial charge on any atom is -0.352 e. The Bertz CT molecular complexity index is 664. The van der Waals surface area contributed by atoms with Crippen LogP contribution < -0.4 is 15.5 Å². The van der Waals surface area contributed by atoms with Gasteiger partial charge in [-0.1, -0.05) is 32.0 Å². The first-order chi connectivity index (χ1) is 11.4. The van der Waals surface area contributed by atoms with Crippen molar-refractivity contribution in [3.05, 3.63) is 29.3 Å². The number of carbonyl (C=O) groups excluding carboxylic acids is 2. The van der Waals surface area contributed by atoms with E-state index in [1.165, 1.54) is 5.56 Å². The van der Waals surface area contributed by atoms with Gasteiger partial charge >= 0.3 is 0 Å². The molecule has 0 saturated heterocycles. The maximum atomic E-state index is 13.2. The standard InChI is InChI=1S/C19H27N3O2.2H2/c1-11(2)20-15-9-8-13-6-5-7-14-10-16(18(23)21-12(3)4)22(17(13)14)19(15)24;;/h5-7,11-12,15-16,20H,8-10H2,1-4H3,(H,21,23);2*1H/t15-,16+;;/m0../s1. The van der Waals surface area contributed by atoms with E-state index in [-0.39, 0.29) is 32.8 Å². The largest absolute Gasteiger partial charge is 0.352 e. The highest BCUT2D eigenvalue weighted by Gasteiger charge is 2.43. The lowest BCUT2D eigenvalue weighted by molar-refractivity contribution is -0.127. The van der Waals surface area contributed by atoms with Crippen LogP contribution in [0.25, 0.3) is 0 Å². The number of anilines is 1. The van der Waals surface area contributed by atoms with E-state index in [1.807, 2.05) is 39.8 Å². The molecule has 0 bridgehead atoms. The van der Waals surface area contributed by atoms with Gasteiger partial charge in [0.2, 0.25) is 11.8 Å². The number of aryl methyl sites for hydroxylation is 1. The molecule has 2 amide bonds. The first kappa shape index (κ1) is 17.0. The smallest absolute Gasteiger partial charge is 0.244 e. The number of hydrogen-bond acceptors (Lipinski definition) is 3. The van der Waals surface area contributed by atoms with Gasteiger partial charge in [0.1, 0.15) is 6.04 Å². The molecule has 0 aliphatic carbocycles. The average molecular weight is 333 g/mol. The minimum atomic E-state index is -0.439. The monoisotopic (exact) mass is 333 g/mol. The van der Waals surface area contributed by atoms with E-state index in [1.54, 1.807) is 4.90 Å². The van der Waals surface area contributed by atoms with Crippen molar-refractivity contribution in [2.75, 3.05) is 4.90 Å². The van der Waals surface area contributed by atoms with E-state index >= 15 is 0 Å². The molecule has 0 saturated carbocycles. The number of hydrogen-bond donors (Lipinski definition) is 2. The molecule has 0 unspecified atom stereocenters. The molecule has 0 fully saturated rings. The third-order valence-electron chi connectivity index (χ3n) is 4.67. The van der Waals surface area contributed by atoms with Gasteiger partial charge in [0.05, 0.1) is 11.7 Å². The van der Waals surface area contributed by atoms with Gasteiger partial charge in [-0.05, 0) is 37.8 Å². The number of benzene rings is 1. The Morgan fingerprint density at radius 3 is 2.58 bits per heavy atom. The lowest BCUT2D eigenvalue weighted by Gasteiger charge is -2.29. The molecule has 2 N–H and O–H groups in total. The first-order valence-corrected chi connectivity index (χ1v) is 8.88. The second kappa shape index (κ2) is 6.55. The molecule has 2 atom stereocenters. The van der Waals surface area contributed by atoms with Crippen LogP contribution in [0.15, 0.2) is 18.2 Å². The molecule has 5 heteroatoms. The lowest BCUT2D eigenvalue weighted by Crippen LogP contribution is -2.55. The number of nitrogens with one attached hydrogen (secondary N) is 2. The third-order valence-corrected chi connectivity index (χ3v) is 4.67. The van der Waals surface area contributed by atoms with Gasteiger partial charge in [0.15, 0.2) is 0 Å². The summed E-state index contributed by atoms with van der Waals surface area (Å²) in [7, 11) is 0. The number of rotatable bonds is 4. The van der Waals surface area contributed by atoms with Crippen LogP contribution in [0.5, 0.6) is 0 Å². The number of nitrogens with zero attached hydrogens (tertiary/aromatic N) is 1. The van der Waals surface area contributed by atoms with Crippen molar-refractivity contribution in [1.29, 1.82) is 0 Å². The maximum Gasteiger partial charge on any atom is 0.244 e. The number of amides is 2. The molecule has 0 radical (unpaired) electrons. The van der Waals surface area contributed by atoms with Crippen LogP contribution >= 0.6 is 0 Å². The van der Waals surface area contributed by atoms with Crippen molar-refractivity contribution in [2.24, 2.45) is 0 Å². The summed E-state index contributed by atoms with van der Waals surface area (Å²) in [6.45, 7) is 7.98. The summed E-state index contributed by atoms with van der Waals surface area (Å²) in [4.78, 5) is 27.6. The Hall–Kier alpha value is -1.88. The van der Waals surface area contributed by atoms with Crippen molar-refractivity contribution < 1.29 is 12.4 Å². The normalized spacial score (nSPS) is 22.8. The van der Waals surface area contributed by atoms with E-state index in [0.29, 0.717) is 6.42 Å². The van der Waals surface area contributed by atoms with Crippen LogP contribution in [-0.4, -0.2) is 36.0 Å². The fraction of sp³-hybridized carbons (Fsp3) is 0.579. The topological polar surface area (TPSA) is 61.4 Å². The van der Waals surface area contributed by atoms with Crippen molar-refractivity contribution in [3.8, 4) is 0 Å². The average Bonchev–Trinajstić information content (AvgIpc) is 2.83. The molecular formula is C19H31N3O2. The highest BCUT2D eigenvalue weighted by Crippen LogP contribution is 2.39. The first-order valence-electron chi connectivity index (χ1n) is 8.88. The summed E-state index contributed by atoms with van der Waals surface area (Å²) in [5.74, 6) is -0.0398. The number of para-hydroxylation sites is 1. The van der Waals surface area contributed by atoms with Gasteiger partial charge in [-0.3, -0.25) is 14.5 Å². The van der Waals surface area contributed by atoms with Crippen LogP contribution in [0.3, 0.4) is 0 Å². The summed E-state index contributed by atoms with van der Waals surface area (Å²) in [6, 6.07) is 5.77. The second-order valence-corrected chi connectivity index (χ2v) is 7.43. The predicted octanol–water partition coefficient (Wildman–Crippen LogP) is 2.27. The zero-order valence-electron chi connectivity index (χ0n) is 14.9. The fourth-order valence-corrected chi connectivity index (χ4v) is 3.78. The van der Waals surface area contributed by atoms with Crippen molar-refractivity contribution in [2.45, 2.75) is 71.1 Å². The summed E-state index contributed by atoms with van der Waals surface area (Å²) in [6.07, 6.45) is 2.22. The summed E-state index contributed by atoms with van der Waals surface area (Å²) in [5, 5.41) is 6.34. The van der Waals surface area contributed by atoms with Crippen LogP contribution in [0.4, 0.5) is 5.69 Å². The fourth-order valence-electron chi connectivity index (χ4n) is 3.78. The second-order valence-electron chi connectivity index (χ2n) is 7.43. The van der Waals surface area contributed by atoms with Gasteiger partial charge in [-0.15, -0.1) is 0 Å². The van der Waals surface area contributed by atoms with E-state index in [2.05, 4.69) is 16.7 Å². The predicted molar refractivity (Wildman–Crippen MR) is 99.3 cm³/mol. The Morgan fingerprint density at radius 1 is 1.21 bits per heavy atom. The lowest BCUT2D eigenvalue weighted by atomic mass is 10.0. The van der Waals surface area contributed by atoms with Crippen molar-refractivity contribution in [1.82, 2.24) is 10.6 Å². The summed E-state index contributed by atoms with van der Waals surface area (Å²) >= 11 is 0. The Labute approximate surface area is 146 Å². The molecule has 134 valence electrons. The zero-order chi connectivity index (χ0) is 17.4. The highest BCUT2D eigenvalue weighted by atomic mass is 16.2. The van der Waals surface area contributed by atoms with Crippen LogP contribution in [0.1, 0.15) is 48.1 Å². The Morgan fingerprint density at radius 2 is 1.92 bits per heavy atom. The summed E-state index contributed by atoms with van der Waals surface area (Å²) < 4.78 is 0. The summed E-state index contributed by atoms with van der Waals surface area (Å²) in [5.41, 5.74) is 3.25. The van der Waals surface area contributed by atoms with Gasteiger partial charge < -0.3 is 10.6 Å². The molecule has 2 aliphatic heterocycles. The quantitative estimate of drug-likeness (QED) is 0.888. The van der Waals surface area contributed by atoms with Crippen LogP contribution in [-0.2, 0) is 22.4 Å². The molecule has 1 aromatic carbocycles. The SMILES string of the molecule is CC(C)NC(=O)[C@H]1Cc2cccc3c2N1C(=O)[C@@H](NC(C)C)CC3.[HH].[HH]. The molecule has 0 aromatic heterocycles. The Balaban J connectivity index is 0.00000169. The van der Waals surface area contributed by atoms with Gasteiger partial charge in [0.25, 0.3) is 0 Å². The van der Waals surface area contributed by atoms with E-state index in [4.69, 9.17) is 0 Å². The van der Waals surface area contributed by atoms with Gasteiger partial charge in [0, 0.05) is 21.4 Å². The molecule has 24 heavy (non-hydrogen) atoms. The molecule has 1 aromatic rings. The Kier molecular flexibility index (Phi) is 4.63. The maximum absolute atomic E-state index is 13.2. The molecule has 2 heterocycles. The molecule has 2 aliphatic rings. The van der Waals surface area contributed by atoms with E-state index in [9.17, 15) is 9.59 Å². The highest BCUT2D eigenvalue weighted by molar-refractivity contribution is 6.06. The molecule has 5 nitrogen and oxygen atoms in total. The van der Waals surface area contributed by atoms with E-state index in [0.717, 1.165) is 24.1 Å². The van der Waals surface area contributed by atoms with E-state index < -0.39 is 6.04 Å². The van der Waals surface area contributed by atoms with Gasteiger partial charge in [-0.25, -0.2) is 0 Å². The molecule has 0 spiro atoms. The van der Waals surface area contributed by atoms with Crippen LogP contribution in [0, 0.1) is 0 Å². The number of carbonyl (C=O) groups is 2. The molecule has 3 rings (SSSR count). The molecular weight excluding hydrogens is 302 g/mol. The van der Waals surface area contributed by atoms with Crippen molar-refractivity contribution in [3.63, 3.8) is 0 Å².